The maximum Gasteiger partial charge on any atom is 0.199 e. The number of hydrogen-bond donors (Lipinski definition) is 0. The van der Waals surface area contributed by atoms with Gasteiger partial charge in [0.1, 0.15) is 0 Å². The minimum atomic E-state index is -3.28. The molecule has 2 nitrogen and oxygen atoms in total. The van der Waals surface area contributed by atoms with Crippen LogP contribution in [0.3, 0.4) is 0 Å². The van der Waals surface area contributed by atoms with Gasteiger partial charge in [0.05, 0.1) is 4.90 Å². The Hall–Kier alpha value is -1.09. The maximum absolute atomic E-state index is 11.5. The third kappa shape index (κ3) is 3.20. The summed E-state index contributed by atoms with van der Waals surface area (Å²) in [6.07, 6.45) is 3.12. The molecule has 0 saturated heterocycles. The first-order valence-electron chi connectivity index (χ1n) is 5.06. The molecule has 0 atom stereocenters. The van der Waals surface area contributed by atoms with Gasteiger partial charge in [-0.2, -0.15) is 0 Å². The van der Waals surface area contributed by atoms with Crippen LogP contribution in [-0.4, -0.2) is 8.42 Å². The number of unbranched alkanes of at least 4 members (excludes halogenated alkanes) is 1. The summed E-state index contributed by atoms with van der Waals surface area (Å²) in [5.41, 5.74) is 1.07. The highest BCUT2D eigenvalue weighted by molar-refractivity contribution is 7.94. The predicted molar refractivity (Wildman–Crippen MR) is 62.4 cm³/mol. The van der Waals surface area contributed by atoms with Crippen molar-refractivity contribution >= 4 is 9.84 Å². The largest absolute Gasteiger partial charge is 0.219 e. The molecule has 1 aromatic rings. The van der Waals surface area contributed by atoms with Gasteiger partial charge in [-0.1, -0.05) is 32.1 Å². The highest BCUT2D eigenvalue weighted by Gasteiger charge is 2.09. The van der Waals surface area contributed by atoms with Crippen molar-refractivity contribution < 1.29 is 8.42 Å². The van der Waals surface area contributed by atoms with Crippen LogP contribution < -0.4 is 0 Å². The van der Waals surface area contributed by atoms with E-state index in [1.807, 2.05) is 6.07 Å². The first-order valence-corrected chi connectivity index (χ1v) is 6.61. The second-order valence-electron chi connectivity index (χ2n) is 3.46. The van der Waals surface area contributed by atoms with E-state index in [4.69, 9.17) is 0 Å². The summed E-state index contributed by atoms with van der Waals surface area (Å²) in [5.74, 6) is 0. The van der Waals surface area contributed by atoms with Gasteiger partial charge in [-0.25, -0.2) is 8.42 Å². The van der Waals surface area contributed by atoms with Crippen LogP contribution in [0, 0.1) is 0 Å². The molecule has 0 aliphatic heterocycles. The number of rotatable bonds is 5. The van der Waals surface area contributed by atoms with Crippen LogP contribution >= 0.6 is 0 Å². The zero-order valence-electron chi connectivity index (χ0n) is 8.94. The Morgan fingerprint density at radius 3 is 2.73 bits per heavy atom. The van der Waals surface area contributed by atoms with E-state index in [-0.39, 0.29) is 0 Å². The first-order chi connectivity index (χ1) is 7.10. The van der Waals surface area contributed by atoms with Crippen molar-refractivity contribution in [2.75, 3.05) is 0 Å². The molecular weight excluding hydrogens is 208 g/mol. The van der Waals surface area contributed by atoms with Crippen molar-refractivity contribution in [2.24, 2.45) is 0 Å². The molecule has 1 rings (SSSR count). The van der Waals surface area contributed by atoms with Crippen LogP contribution in [0.4, 0.5) is 0 Å². The Morgan fingerprint density at radius 1 is 1.40 bits per heavy atom. The summed E-state index contributed by atoms with van der Waals surface area (Å²) in [6, 6.07) is 7.07. The molecule has 0 amide bonds. The molecule has 1 aromatic carbocycles. The first kappa shape index (κ1) is 12.0. The molecule has 0 N–H and O–H groups in total. The van der Waals surface area contributed by atoms with Crippen LogP contribution in [0.1, 0.15) is 25.3 Å². The highest BCUT2D eigenvalue weighted by atomic mass is 32.2. The maximum atomic E-state index is 11.5. The average molecular weight is 224 g/mol. The number of aryl methyl sites for hydroxylation is 1. The molecule has 15 heavy (non-hydrogen) atoms. The van der Waals surface area contributed by atoms with Crippen LogP contribution in [-0.2, 0) is 16.3 Å². The van der Waals surface area contributed by atoms with Crippen molar-refractivity contribution in [3.05, 3.63) is 41.8 Å². The molecule has 0 saturated carbocycles. The van der Waals surface area contributed by atoms with Gasteiger partial charge in [-0.05, 0) is 30.5 Å². The van der Waals surface area contributed by atoms with E-state index >= 15 is 0 Å². The fourth-order valence-electron chi connectivity index (χ4n) is 1.36. The lowest BCUT2D eigenvalue weighted by Crippen LogP contribution is -1.96. The van der Waals surface area contributed by atoms with Gasteiger partial charge in [0.15, 0.2) is 9.84 Å². The van der Waals surface area contributed by atoms with E-state index in [1.165, 1.54) is 0 Å². The van der Waals surface area contributed by atoms with Crippen molar-refractivity contribution in [1.29, 1.82) is 0 Å². The Bertz CT molecular complexity index is 433. The highest BCUT2D eigenvalue weighted by Crippen LogP contribution is 2.15. The van der Waals surface area contributed by atoms with Gasteiger partial charge in [0.2, 0.25) is 0 Å². The monoisotopic (exact) mass is 224 g/mol. The van der Waals surface area contributed by atoms with Gasteiger partial charge >= 0.3 is 0 Å². The lowest BCUT2D eigenvalue weighted by molar-refractivity contribution is 0.604. The predicted octanol–water partition coefficient (Wildman–Crippen LogP) is 2.95. The Labute approximate surface area is 91.6 Å². The molecule has 0 bridgehead atoms. The average Bonchev–Trinajstić information content (AvgIpc) is 2.27. The van der Waals surface area contributed by atoms with E-state index in [0.717, 1.165) is 30.2 Å². The molecule has 0 fully saturated rings. The molecule has 0 heterocycles. The van der Waals surface area contributed by atoms with Crippen molar-refractivity contribution in [1.82, 2.24) is 0 Å². The lowest BCUT2D eigenvalue weighted by Gasteiger charge is -2.03. The number of benzene rings is 1. The van der Waals surface area contributed by atoms with E-state index in [0.29, 0.717) is 4.90 Å². The SMILES string of the molecule is C=CS(=O)(=O)c1cccc(CCCC)c1. The van der Waals surface area contributed by atoms with Crippen LogP contribution in [0.2, 0.25) is 0 Å². The number of sulfone groups is 1. The van der Waals surface area contributed by atoms with Gasteiger partial charge in [-0.3, -0.25) is 0 Å². The molecular formula is C12H16O2S. The summed E-state index contributed by atoms with van der Waals surface area (Å²) in [7, 11) is -3.28. The van der Waals surface area contributed by atoms with E-state index in [9.17, 15) is 8.42 Å². The van der Waals surface area contributed by atoms with Gasteiger partial charge in [0, 0.05) is 5.41 Å². The lowest BCUT2D eigenvalue weighted by atomic mass is 10.1. The Morgan fingerprint density at radius 2 is 2.13 bits per heavy atom. The third-order valence-electron chi connectivity index (χ3n) is 2.27. The normalized spacial score (nSPS) is 11.3. The molecule has 0 aliphatic rings. The fourth-order valence-corrected chi connectivity index (χ4v) is 2.13. The van der Waals surface area contributed by atoms with E-state index in [1.54, 1.807) is 18.2 Å². The minimum Gasteiger partial charge on any atom is -0.219 e. The van der Waals surface area contributed by atoms with Crippen LogP contribution in [0.15, 0.2) is 41.1 Å². The summed E-state index contributed by atoms with van der Waals surface area (Å²) < 4.78 is 23.0. The summed E-state index contributed by atoms with van der Waals surface area (Å²) >= 11 is 0. The zero-order chi connectivity index (χ0) is 11.3. The quantitative estimate of drug-likeness (QED) is 0.770. The smallest absolute Gasteiger partial charge is 0.199 e. The summed E-state index contributed by atoms with van der Waals surface area (Å²) in [5, 5.41) is 0.992. The van der Waals surface area contributed by atoms with Crippen molar-refractivity contribution in [3.63, 3.8) is 0 Å². The van der Waals surface area contributed by atoms with Crippen LogP contribution in [0.5, 0.6) is 0 Å². The molecule has 82 valence electrons. The number of hydrogen-bond acceptors (Lipinski definition) is 2. The molecule has 0 radical (unpaired) electrons. The molecule has 3 heteroatoms. The standard InChI is InChI=1S/C12H16O2S/c1-3-5-7-11-8-6-9-12(10-11)15(13,14)4-2/h4,6,8-10H,2-3,5,7H2,1H3. The minimum absolute atomic E-state index is 0.339. The topological polar surface area (TPSA) is 34.1 Å². The molecule has 0 unspecified atom stereocenters. The molecule has 0 spiro atoms. The fraction of sp³-hybridized carbons (Fsp3) is 0.333. The van der Waals surface area contributed by atoms with Gasteiger partial charge in [0.25, 0.3) is 0 Å². The Kier molecular flexibility index (Phi) is 4.09. The summed E-state index contributed by atoms with van der Waals surface area (Å²) in [4.78, 5) is 0.339. The summed E-state index contributed by atoms with van der Waals surface area (Å²) in [6.45, 7) is 5.43. The molecule has 0 aromatic heterocycles. The van der Waals surface area contributed by atoms with Crippen molar-refractivity contribution in [2.45, 2.75) is 31.1 Å². The Balaban J connectivity index is 2.98. The molecule has 0 aliphatic carbocycles. The third-order valence-corrected chi connectivity index (χ3v) is 3.62. The van der Waals surface area contributed by atoms with Crippen molar-refractivity contribution in [3.8, 4) is 0 Å². The van der Waals surface area contributed by atoms with Crippen LogP contribution in [0.25, 0.3) is 0 Å². The van der Waals surface area contributed by atoms with E-state index in [2.05, 4.69) is 13.5 Å². The van der Waals surface area contributed by atoms with Gasteiger partial charge in [-0.15, -0.1) is 0 Å². The second-order valence-corrected chi connectivity index (χ2v) is 5.36. The zero-order valence-corrected chi connectivity index (χ0v) is 9.76. The second kappa shape index (κ2) is 5.12. The van der Waals surface area contributed by atoms with Gasteiger partial charge < -0.3 is 0 Å². The van der Waals surface area contributed by atoms with E-state index < -0.39 is 9.84 Å².